The molecule has 114 valence electrons. The van der Waals surface area contributed by atoms with Crippen LogP contribution in [0.25, 0.3) is 0 Å². The summed E-state index contributed by atoms with van der Waals surface area (Å²) < 4.78 is 27.3. The van der Waals surface area contributed by atoms with Crippen molar-refractivity contribution in [1.82, 2.24) is 9.29 Å². The number of rotatable bonds is 7. The molecule has 1 rings (SSSR count). The number of nitrogens with two attached hydrogens (primary N) is 1. The number of nitrogens with zero attached hydrogens (tertiary/aromatic N) is 2. The van der Waals surface area contributed by atoms with Crippen molar-refractivity contribution in [2.45, 2.75) is 51.5 Å². The summed E-state index contributed by atoms with van der Waals surface area (Å²) in [6.45, 7) is 8.52. The van der Waals surface area contributed by atoms with Crippen LogP contribution in [0, 0.1) is 5.92 Å². The summed E-state index contributed by atoms with van der Waals surface area (Å²) in [5.74, 6) is 0.315. The number of hydrogen-bond donors (Lipinski definition) is 1. The number of aromatic nitrogens is 1. The summed E-state index contributed by atoms with van der Waals surface area (Å²) >= 11 is 0. The van der Waals surface area contributed by atoms with E-state index in [1.54, 1.807) is 10.4 Å². The predicted molar refractivity (Wildman–Crippen MR) is 81.7 cm³/mol. The maximum Gasteiger partial charge on any atom is 0.246 e. The number of nitrogen functional groups attached to an aromatic ring is 1. The van der Waals surface area contributed by atoms with Gasteiger partial charge in [-0.2, -0.15) is 4.31 Å². The first kappa shape index (κ1) is 16.9. The third-order valence-corrected chi connectivity index (χ3v) is 5.25. The lowest BCUT2D eigenvalue weighted by Crippen LogP contribution is -2.42. The maximum atomic E-state index is 12.9. The SMILES string of the molecule is CCC(CC)N(CC(C)C)S(=O)(=O)c1cccnc1N. The van der Waals surface area contributed by atoms with E-state index in [0.29, 0.717) is 6.54 Å². The van der Waals surface area contributed by atoms with Gasteiger partial charge < -0.3 is 5.73 Å². The van der Waals surface area contributed by atoms with Crippen molar-refractivity contribution in [1.29, 1.82) is 0 Å². The lowest BCUT2D eigenvalue weighted by Gasteiger charge is -2.31. The largest absolute Gasteiger partial charge is 0.383 e. The van der Waals surface area contributed by atoms with Gasteiger partial charge in [0.1, 0.15) is 10.7 Å². The molecule has 0 bridgehead atoms. The van der Waals surface area contributed by atoms with Crippen molar-refractivity contribution >= 4 is 15.8 Å². The van der Waals surface area contributed by atoms with E-state index in [4.69, 9.17) is 5.73 Å². The van der Waals surface area contributed by atoms with Gasteiger partial charge in [0.25, 0.3) is 0 Å². The van der Waals surface area contributed by atoms with Crippen LogP contribution in [0.1, 0.15) is 40.5 Å². The molecule has 0 aliphatic rings. The number of pyridine rings is 1. The molecule has 0 spiro atoms. The van der Waals surface area contributed by atoms with Gasteiger partial charge in [-0.05, 0) is 30.9 Å². The second-order valence-electron chi connectivity index (χ2n) is 5.33. The van der Waals surface area contributed by atoms with E-state index >= 15 is 0 Å². The van der Waals surface area contributed by atoms with Crippen molar-refractivity contribution in [2.75, 3.05) is 12.3 Å². The molecule has 5 nitrogen and oxygen atoms in total. The highest BCUT2D eigenvalue weighted by Crippen LogP contribution is 2.25. The Kier molecular flexibility index (Phi) is 5.95. The van der Waals surface area contributed by atoms with Crippen LogP contribution in [0.4, 0.5) is 5.82 Å². The van der Waals surface area contributed by atoms with Crippen molar-refractivity contribution in [3.8, 4) is 0 Å². The molecule has 0 aliphatic carbocycles. The van der Waals surface area contributed by atoms with Crippen LogP contribution in [0.5, 0.6) is 0 Å². The first-order valence-corrected chi connectivity index (χ1v) is 8.50. The van der Waals surface area contributed by atoms with E-state index in [9.17, 15) is 8.42 Å². The van der Waals surface area contributed by atoms with Gasteiger partial charge in [-0.1, -0.05) is 27.7 Å². The molecule has 0 radical (unpaired) electrons. The highest BCUT2D eigenvalue weighted by atomic mass is 32.2. The Morgan fingerprint density at radius 3 is 2.35 bits per heavy atom. The third-order valence-electron chi connectivity index (χ3n) is 3.28. The van der Waals surface area contributed by atoms with Gasteiger partial charge in [-0.25, -0.2) is 13.4 Å². The van der Waals surface area contributed by atoms with Crippen molar-refractivity contribution < 1.29 is 8.42 Å². The number of hydrogen-bond acceptors (Lipinski definition) is 4. The summed E-state index contributed by atoms with van der Waals surface area (Å²) in [5, 5.41) is 0. The Hall–Kier alpha value is -1.14. The first-order chi connectivity index (χ1) is 9.34. The average molecular weight is 299 g/mol. The van der Waals surface area contributed by atoms with Crippen LogP contribution in [0.2, 0.25) is 0 Å². The van der Waals surface area contributed by atoms with Crippen molar-refractivity contribution in [2.24, 2.45) is 5.92 Å². The van der Waals surface area contributed by atoms with E-state index in [2.05, 4.69) is 4.98 Å². The van der Waals surface area contributed by atoms with Crippen LogP contribution in [0.15, 0.2) is 23.2 Å². The Morgan fingerprint density at radius 2 is 1.90 bits per heavy atom. The second kappa shape index (κ2) is 7.04. The molecule has 1 aromatic rings. The number of sulfonamides is 1. The molecule has 0 unspecified atom stereocenters. The molecular formula is C14H25N3O2S. The minimum Gasteiger partial charge on any atom is -0.383 e. The minimum atomic E-state index is -3.60. The number of anilines is 1. The van der Waals surface area contributed by atoms with E-state index < -0.39 is 10.0 Å². The molecule has 20 heavy (non-hydrogen) atoms. The van der Waals surface area contributed by atoms with Gasteiger partial charge >= 0.3 is 0 Å². The molecule has 0 aromatic carbocycles. The fourth-order valence-electron chi connectivity index (χ4n) is 2.25. The van der Waals surface area contributed by atoms with E-state index in [0.717, 1.165) is 12.8 Å². The fraction of sp³-hybridized carbons (Fsp3) is 0.643. The van der Waals surface area contributed by atoms with Gasteiger partial charge in [-0.15, -0.1) is 0 Å². The van der Waals surface area contributed by atoms with Gasteiger partial charge in [0.2, 0.25) is 10.0 Å². The van der Waals surface area contributed by atoms with E-state index in [1.807, 2.05) is 27.7 Å². The minimum absolute atomic E-state index is 0.0120. The normalized spacial score (nSPS) is 12.6. The Morgan fingerprint density at radius 1 is 1.30 bits per heavy atom. The fourth-order valence-corrected chi connectivity index (χ4v) is 4.25. The lowest BCUT2D eigenvalue weighted by molar-refractivity contribution is 0.277. The second-order valence-corrected chi connectivity index (χ2v) is 7.18. The van der Waals surface area contributed by atoms with Crippen LogP contribution >= 0.6 is 0 Å². The van der Waals surface area contributed by atoms with Crippen molar-refractivity contribution in [3.63, 3.8) is 0 Å². The standard InChI is InChI=1S/C14H25N3O2S/c1-5-12(6-2)17(10-11(3)4)20(18,19)13-8-7-9-16-14(13)15/h7-9,11-12H,5-6,10H2,1-4H3,(H2,15,16). The Balaban J connectivity index is 3.27. The first-order valence-electron chi connectivity index (χ1n) is 7.06. The molecule has 1 aromatic heterocycles. The van der Waals surface area contributed by atoms with Crippen LogP contribution < -0.4 is 5.73 Å². The predicted octanol–water partition coefficient (Wildman–Crippen LogP) is 2.50. The highest BCUT2D eigenvalue weighted by Gasteiger charge is 2.31. The molecule has 0 saturated carbocycles. The Labute approximate surface area is 122 Å². The molecule has 0 saturated heterocycles. The van der Waals surface area contributed by atoms with Gasteiger partial charge in [0, 0.05) is 18.8 Å². The average Bonchev–Trinajstić information content (AvgIpc) is 2.38. The van der Waals surface area contributed by atoms with Gasteiger partial charge in [-0.3, -0.25) is 0 Å². The summed E-state index contributed by atoms with van der Waals surface area (Å²) in [7, 11) is -3.60. The quantitative estimate of drug-likeness (QED) is 0.839. The van der Waals surface area contributed by atoms with Crippen LogP contribution in [0.3, 0.4) is 0 Å². The third kappa shape index (κ3) is 3.70. The molecule has 0 aliphatic heterocycles. The van der Waals surface area contributed by atoms with E-state index in [-0.39, 0.29) is 22.7 Å². The van der Waals surface area contributed by atoms with E-state index in [1.165, 1.54) is 12.3 Å². The van der Waals surface area contributed by atoms with Gasteiger partial charge in [0.15, 0.2) is 0 Å². The Bertz CT molecular complexity index is 525. The molecule has 0 atom stereocenters. The zero-order valence-electron chi connectivity index (χ0n) is 12.7. The zero-order chi connectivity index (χ0) is 15.3. The zero-order valence-corrected chi connectivity index (χ0v) is 13.5. The summed E-state index contributed by atoms with van der Waals surface area (Å²) in [4.78, 5) is 3.99. The molecule has 6 heteroatoms. The summed E-state index contributed by atoms with van der Waals surface area (Å²) in [5.41, 5.74) is 5.74. The molecule has 0 amide bonds. The van der Waals surface area contributed by atoms with Gasteiger partial charge in [0.05, 0.1) is 0 Å². The monoisotopic (exact) mass is 299 g/mol. The van der Waals surface area contributed by atoms with Crippen LogP contribution in [-0.4, -0.2) is 30.3 Å². The van der Waals surface area contributed by atoms with Crippen molar-refractivity contribution in [3.05, 3.63) is 18.3 Å². The molecule has 0 fully saturated rings. The molecule has 2 N–H and O–H groups in total. The van der Waals surface area contributed by atoms with Crippen LogP contribution in [-0.2, 0) is 10.0 Å². The highest BCUT2D eigenvalue weighted by molar-refractivity contribution is 7.89. The smallest absolute Gasteiger partial charge is 0.246 e. The molecular weight excluding hydrogens is 274 g/mol. The topological polar surface area (TPSA) is 76.3 Å². The summed E-state index contributed by atoms with van der Waals surface area (Å²) in [6, 6.07) is 3.11. The molecule has 1 heterocycles. The maximum absolute atomic E-state index is 12.9. The summed E-state index contributed by atoms with van der Waals surface area (Å²) in [6.07, 6.45) is 3.06. The lowest BCUT2D eigenvalue weighted by atomic mass is 10.1.